The number of anilines is 2. The smallest absolute Gasteiger partial charge is 0.245 e. The number of nitriles is 1. The molecule has 1 aliphatic rings. The molecule has 29 heavy (non-hydrogen) atoms. The standard InChI is InChI=1S/C22H22N4O2S/c1-15-16(2)26(13-17-6-5-10-28-17)22(18(15)12-23)24-21(27)14-25-9-11-29-20-8-4-3-7-19(20)25/h3-8,10H,9,11,13-14H2,1-2H3,(H,24,27). The molecule has 0 saturated carbocycles. The molecule has 6 nitrogen and oxygen atoms in total. The summed E-state index contributed by atoms with van der Waals surface area (Å²) in [5.41, 5.74) is 3.39. The second-order valence-electron chi connectivity index (χ2n) is 7.00. The number of rotatable bonds is 5. The van der Waals surface area contributed by atoms with Gasteiger partial charge in [-0.15, -0.1) is 11.8 Å². The van der Waals surface area contributed by atoms with Crippen LogP contribution in [0.5, 0.6) is 0 Å². The number of aromatic nitrogens is 1. The Morgan fingerprint density at radius 2 is 2.10 bits per heavy atom. The molecule has 0 saturated heterocycles. The molecule has 2 aromatic heterocycles. The zero-order chi connectivity index (χ0) is 20.4. The van der Waals surface area contributed by atoms with E-state index < -0.39 is 0 Å². The van der Waals surface area contributed by atoms with Crippen molar-refractivity contribution in [2.75, 3.05) is 29.1 Å². The first-order valence-electron chi connectivity index (χ1n) is 9.47. The number of carbonyl (C=O) groups is 1. The predicted molar refractivity (Wildman–Crippen MR) is 114 cm³/mol. The molecule has 1 aliphatic heterocycles. The van der Waals surface area contributed by atoms with Gasteiger partial charge in [0, 0.05) is 22.9 Å². The van der Waals surface area contributed by atoms with Crippen molar-refractivity contribution in [1.82, 2.24) is 4.57 Å². The third-order valence-electron chi connectivity index (χ3n) is 5.25. The van der Waals surface area contributed by atoms with E-state index in [-0.39, 0.29) is 12.5 Å². The van der Waals surface area contributed by atoms with Gasteiger partial charge < -0.3 is 19.2 Å². The predicted octanol–water partition coefficient (Wildman–Crippen LogP) is 4.17. The number of hydrogen-bond donors (Lipinski definition) is 1. The van der Waals surface area contributed by atoms with E-state index in [0.29, 0.717) is 17.9 Å². The minimum absolute atomic E-state index is 0.138. The Kier molecular flexibility index (Phi) is 5.36. The molecule has 3 heterocycles. The summed E-state index contributed by atoms with van der Waals surface area (Å²) in [6.45, 7) is 5.37. The topological polar surface area (TPSA) is 74.2 Å². The van der Waals surface area contributed by atoms with Gasteiger partial charge in [0.1, 0.15) is 17.6 Å². The van der Waals surface area contributed by atoms with Crippen LogP contribution in [0.1, 0.15) is 22.6 Å². The molecular formula is C22H22N4O2S. The van der Waals surface area contributed by atoms with E-state index in [1.54, 1.807) is 6.26 Å². The largest absolute Gasteiger partial charge is 0.467 e. The van der Waals surface area contributed by atoms with Crippen LogP contribution in [0.4, 0.5) is 11.5 Å². The number of fused-ring (bicyclic) bond motifs is 1. The van der Waals surface area contributed by atoms with Crippen molar-refractivity contribution in [3.63, 3.8) is 0 Å². The van der Waals surface area contributed by atoms with Crippen LogP contribution in [-0.4, -0.2) is 29.3 Å². The molecule has 148 valence electrons. The molecule has 0 atom stereocenters. The SMILES string of the molecule is Cc1c(C#N)c(NC(=O)CN2CCSc3ccccc32)n(Cc2ccco2)c1C. The van der Waals surface area contributed by atoms with Crippen LogP contribution in [0, 0.1) is 25.2 Å². The molecule has 0 bridgehead atoms. The van der Waals surface area contributed by atoms with Crippen LogP contribution in [0.15, 0.2) is 52.0 Å². The van der Waals surface area contributed by atoms with Gasteiger partial charge in [-0.05, 0) is 43.7 Å². The summed E-state index contributed by atoms with van der Waals surface area (Å²) in [5, 5.41) is 12.7. The lowest BCUT2D eigenvalue weighted by molar-refractivity contribution is -0.115. The maximum Gasteiger partial charge on any atom is 0.245 e. The summed E-state index contributed by atoms with van der Waals surface area (Å²) in [4.78, 5) is 16.2. The van der Waals surface area contributed by atoms with E-state index in [4.69, 9.17) is 4.42 Å². The zero-order valence-electron chi connectivity index (χ0n) is 16.4. The fraction of sp³-hybridized carbons (Fsp3) is 0.273. The maximum atomic E-state index is 12.9. The van der Waals surface area contributed by atoms with E-state index in [1.165, 1.54) is 4.90 Å². The van der Waals surface area contributed by atoms with Gasteiger partial charge in [-0.2, -0.15) is 5.26 Å². The zero-order valence-corrected chi connectivity index (χ0v) is 17.3. The molecule has 0 radical (unpaired) electrons. The van der Waals surface area contributed by atoms with Gasteiger partial charge in [-0.25, -0.2) is 0 Å². The quantitative estimate of drug-likeness (QED) is 0.688. The van der Waals surface area contributed by atoms with Crippen molar-refractivity contribution < 1.29 is 9.21 Å². The maximum absolute atomic E-state index is 12.9. The van der Waals surface area contributed by atoms with E-state index in [1.807, 2.05) is 60.5 Å². The fourth-order valence-electron chi connectivity index (χ4n) is 3.62. The Morgan fingerprint density at radius 1 is 1.28 bits per heavy atom. The van der Waals surface area contributed by atoms with Crippen molar-refractivity contribution in [1.29, 1.82) is 5.26 Å². The van der Waals surface area contributed by atoms with Crippen LogP contribution >= 0.6 is 11.8 Å². The molecule has 4 rings (SSSR count). The highest BCUT2D eigenvalue weighted by Gasteiger charge is 2.23. The van der Waals surface area contributed by atoms with Gasteiger partial charge in [0.15, 0.2) is 0 Å². The molecule has 3 aromatic rings. The molecule has 1 amide bonds. The van der Waals surface area contributed by atoms with Crippen molar-refractivity contribution in [2.45, 2.75) is 25.3 Å². The number of carbonyl (C=O) groups excluding carboxylic acids is 1. The Labute approximate surface area is 174 Å². The van der Waals surface area contributed by atoms with Crippen LogP contribution in [0.3, 0.4) is 0 Å². The third kappa shape index (κ3) is 3.76. The first-order chi connectivity index (χ1) is 14.1. The molecule has 7 heteroatoms. The second kappa shape index (κ2) is 8.10. The van der Waals surface area contributed by atoms with Crippen LogP contribution in [0.2, 0.25) is 0 Å². The lowest BCUT2D eigenvalue weighted by Crippen LogP contribution is -2.37. The minimum Gasteiger partial charge on any atom is -0.467 e. The minimum atomic E-state index is -0.138. The summed E-state index contributed by atoms with van der Waals surface area (Å²) in [5.74, 6) is 2.11. The number of benzene rings is 1. The highest BCUT2D eigenvalue weighted by molar-refractivity contribution is 7.99. The molecular weight excluding hydrogens is 384 g/mol. The number of hydrogen-bond acceptors (Lipinski definition) is 5. The molecule has 0 unspecified atom stereocenters. The average Bonchev–Trinajstić information content (AvgIpc) is 3.31. The Balaban J connectivity index is 1.58. The number of thioether (sulfide) groups is 1. The summed E-state index contributed by atoms with van der Waals surface area (Å²) in [6.07, 6.45) is 1.62. The number of nitrogens with zero attached hydrogens (tertiary/aromatic N) is 3. The van der Waals surface area contributed by atoms with Gasteiger partial charge in [0.05, 0.1) is 30.6 Å². The Hall–Kier alpha value is -3.11. The van der Waals surface area contributed by atoms with Crippen LogP contribution in [0.25, 0.3) is 0 Å². The van der Waals surface area contributed by atoms with Crippen molar-refractivity contribution in [2.24, 2.45) is 0 Å². The third-order valence-corrected chi connectivity index (χ3v) is 6.30. The van der Waals surface area contributed by atoms with Gasteiger partial charge >= 0.3 is 0 Å². The first-order valence-corrected chi connectivity index (χ1v) is 10.5. The van der Waals surface area contributed by atoms with E-state index in [9.17, 15) is 10.1 Å². The lowest BCUT2D eigenvalue weighted by Gasteiger charge is -2.30. The normalized spacial score (nSPS) is 13.1. The fourth-order valence-corrected chi connectivity index (χ4v) is 4.67. The Morgan fingerprint density at radius 3 is 2.86 bits per heavy atom. The summed E-state index contributed by atoms with van der Waals surface area (Å²) < 4.78 is 7.40. The molecule has 0 aliphatic carbocycles. The van der Waals surface area contributed by atoms with Crippen molar-refractivity contribution in [3.05, 3.63) is 65.2 Å². The van der Waals surface area contributed by atoms with Crippen LogP contribution in [-0.2, 0) is 11.3 Å². The molecule has 0 fully saturated rings. The van der Waals surface area contributed by atoms with Crippen molar-refractivity contribution >= 4 is 29.2 Å². The average molecular weight is 407 g/mol. The first kappa shape index (κ1) is 19.2. The summed E-state index contributed by atoms with van der Waals surface area (Å²) in [7, 11) is 0. The van der Waals surface area contributed by atoms with Gasteiger partial charge in [-0.1, -0.05) is 12.1 Å². The number of nitrogens with one attached hydrogen (secondary N) is 1. The number of amides is 1. The highest BCUT2D eigenvalue weighted by atomic mass is 32.2. The summed E-state index contributed by atoms with van der Waals surface area (Å²) in [6, 6.07) is 14.1. The van der Waals surface area contributed by atoms with E-state index in [0.717, 1.165) is 35.0 Å². The Bertz CT molecular complexity index is 1080. The molecule has 1 aromatic carbocycles. The van der Waals surface area contributed by atoms with E-state index in [2.05, 4.69) is 22.4 Å². The van der Waals surface area contributed by atoms with Crippen LogP contribution < -0.4 is 10.2 Å². The molecule has 0 spiro atoms. The second-order valence-corrected chi connectivity index (χ2v) is 8.13. The summed E-state index contributed by atoms with van der Waals surface area (Å²) >= 11 is 1.81. The van der Waals surface area contributed by atoms with Crippen molar-refractivity contribution in [3.8, 4) is 6.07 Å². The van der Waals surface area contributed by atoms with E-state index >= 15 is 0 Å². The van der Waals surface area contributed by atoms with Gasteiger partial charge in [0.25, 0.3) is 0 Å². The lowest BCUT2D eigenvalue weighted by atomic mass is 10.2. The highest BCUT2D eigenvalue weighted by Crippen LogP contribution is 2.34. The number of furan rings is 1. The van der Waals surface area contributed by atoms with Gasteiger partial charge in [0.2, 0.25) is 5.91 Å². The molecule has 1 N–H and O–H groups in total. The number of para-hydroxylation sites is 1. The monoisotopic (exact) mass is 406 g/mol. The van der Waals surface area contributed by atoms with Gasteiger partial charge in [-0.3, -0.25) is 4.79 Å².